The normalized spacial score (nSPS) is 12.2. The van der Waals surface area contributed by atoms with Crippen molar-refractivity contribution in [3.05, 3.63) is 42.2 Å². The molecule has 0 saturated carbocycles. The summed E-state index contributed by atoms with van der Waals surface area (Å²) in [4.78, 5) is 4.21. The van der Waals surface area contributed by atoms with Crippen LogP contribution in [-0.2, 0) is 13.2 Å². The number of anilines is 2. The minimum absolute atomic E-state index is 0.0304. The van der Waals surface area contributed by atoms with E-state index in [1.165, 1.54) is 17.8 Å². The van der Waals surface area contributed by atoms with Gasteiger partial charge in [-0.05, 0) is 30.3 Å². The second-order valence-electron chi connectivity index (χ2n) is 5.30. The largest absolute Gasteiger partial charge is 0.435 e. The van der Waals surface area contributed by atoms with E-state index >= 15 is 0 Å². The highest BCUT2D eigenvalue weighted by molar-refractivity contribution is 5.90. The first-order chi connectivity index (χ1) is 11.4. The molecule has 3 heterocycles. The number of rotatable bonds is 2. The zero-order valence-electron chi connectivity index (χ0n) is 12.4. The number of H-pyrrole nitrogens is 1. The van der Waals surface area contributed by atoms with E-state index in [0.717, 1.165) is 5.52 Å². The highest BCUT2D eigenvalue weighted by Crippen LogP contribution is 2.35. The molecule has 0 atom stereocenters. The van der Waals surface area contributed by atoms with Crippen LogP contribution in [0.2, 0.25) is 0 Å². The Labute approximate surface area is 133 Å². The Morgan fingerprint density at radius 3 is 2.83 bits per heavy atom. The molecule has 0 fully saturated rings. The SMILES string of the molecule is Cn1nc(C(F)(F)F)c2cc(Nc3n[nH]c4cccnc34)ccc21. The molecule has 122 valence electrons. The molecule has 24 heavy (non-hydrogen) atoms. The maximum absolute atomic E-state index is 13.1. The monoisotopic (exact) mass is 332 g/mol. The van der Waals surface area contributed by atoms with Crippen LogP contribution in [0.4, 0.5) is 24.7 Å². The Morgan fingerprint density at radius 1 is 1.21 bits per heavy atom. The molecule has 3 aromatic heterocycles. The van der Waals surface area contributed by atoms with Gasteiger partial charge in [-0.2, -0.15) is 23.4 Å². The summed E-state index contributed by atoms with van der Waals surface area (Å²) in [6.45, 7) is 0. The number of nitrogens with zero attached hydrogens (tertiary/aromatic N) is 4. The van der Waals surface area contributed by atoms with Gasteiger partial charge in [0.25, 0.3) is 0 Å². The third kappa shape index (κ3) is 2.25. The fraction of sp³-hybridized carbons (Fsp3) is 0.133. The Bertz CT molecular complexity index is 1050. The molecule has 6 nitrogen and oxygen atoms in total. The van der Waals surface area contributed by atoms with Crippen LogP contribution in [0.15, 0.2) is 36.5 Å². The Balaban J connectivity index is 1.80. The molecule has 0 bridgehead atoms. The number of benzene rings is 1. The summed E-state index contributed by atoms with van der Waals surface area (Å²) >= 11 is 0. The van der Waals surface area contributed by atoms with Gasteiger partial charge in [0, 0.05) is 24.3 Å². The first kappa shape index (κ1) is 14.5. The summed E-state index contributed by atoms with van der Waals surface area (Å²) in [6, 6.07) is 8.25. The number of aromatic nitrogens is 5. The lowest BCUT2D eigenvalue weighted by atomic mass is 10.2. The second kappa shape index (κ2) is 4.95. The Hall–Kier alpha value is -3.10. The van der Waals surface area contributed by atoms with Gasteiger partial charge < -0.3 is 5.32 Å². The maximum Gasteiger partial charge on any atom is 0.435 e. The first-order valence-electron chi connectivity index (χ1n) is 7.03. The molecule has 0 aliphatic carbocycles. The highest BCUT2D eigenvalue weighted by Gasteiger charge is 2.36. The van der Waals surface area contributed by atoms with Crippen molar-refractivity contribution in [1.29, 1.82) is 0 Å². The maximum atomic E-state index is 13.1. The van der Waals surface area contributed by atoms with Crippen molar-refractivity contribution < 1.29 is 13.2 Å². The lowest BCUT2D eigenvalue weighted by molar-refractivity contribution is -0.140. The molecule has 0 aliphatic rings. The van der Waals surface area contributed by atoms with E-state index in [9.17, 15) is 13.2 Å². The lowest BCUT2D eigenvalue weighted by Crippen LogP contribution is -2.07. The van der Waals surface area contributed by atoms with Crippen molar-refractivity contribution >= 4 is 33.4 Å². The molecular weight excluding hydrogens is 321 g/mol. The molecule has 9 heteroatoms. The van der Waals surface area contributed by atoms with Gasteiger partial charge in [0.15, 0.2) is 11.5 Å². The van der Waals surface area contributed by atoms with E-state index in [1.54, 1.807) is 24.4 Å². The van der Waals surface area contributed by atoms with Crippen LogP contribution in [0.3, 0.4) is 0 Å². The lowest BCUT2D eigenvalue weighted by Gasteiger charge is -2.05. The quantitative estimate of drug-likeness (QED) is 0.588. The molecule has 0 spiro atoms. The number of fused-ring (bicyclic) bond motifs is 2. The van der Waals surface area contributed by atoms with Crippen LogP contribution in [0.25, 0.3) is 21.9 Å². The van der Waals surface area contributed by atoms with E-state index in [-0.39, 0.29) is 5.39 Å². The molecule has 0 saturated heterocycles. The van der Waals surface area contributed by atoms with Crippen molar-refractivity contribution in [2.75, 3.05) is 5.32 Å². The van der Waals surface area contributed by atoms with Gasteiger partial charge in [-0.1, -0.05) is 0 Å². The van der Waals surface area contributed by atoms with E-state index in [1.807, 2.05) is 6.07 Å². The Morgan fingerprint density at radius 2 is 2.04 bits per heavy atom. The van der Waals surface area contributed by atoms with E-state index in [4.69, 9.17) is 0 Å². The van der Waals surface area contributed by atoms with Crippen LogP contribution >= 0.6 is 0 Å². The van der Waals surface area contributed by atoms with Crippen LogP contribution in [0.1, 0.15) is 5.69 Å². The smallest absolute Gasteiger partial charge is 0.337 e. The molecule has 0 unspecified atom stereocenters. The van der Waals surface area contributed by atoms with Crippen LogP contribution < -0.4 is 5.32 Å². The van der Waals surface area contributed by atoms with E-state index < -0.39 is 11.9 Å². The summed E-state index contributed by atoms with van der Waals surface area (Å²) in [5.41, 5.74) is 1.31. The van der Waals surface area contributed by atoms with Gasteiger partial charge in [0.2, 0.25) is 0 Å². The van der Waals surface area contributed by atoms with Gasteiger partial charge in [-0.3, -0.25) is 14.8 Å². The topological polar surface area (TPSA) is 71.4 Å². The minimum atomic E-state index is -4.52. The third-order valence-electron chi connectivity index (χ3n) is 3.70. The summed E-state index contributed by atoms with van der Waals surface area (Å²) in [6.07, 6.45) is -2.90. The number of aromatic amines is 1. The predicted octanol–water partition coefficient (Wildman–Crippen LogP) is 3.61. The van der Waals surface area contributed by atoms with Crippen LogP contribution in [0.5, 0.6) is 0 Å². The summed E-state index contributed by atoms with van der Waals surface area (Å²) in [5, 5.41) is 13.5. The number of hydrogen-bond acceptors (Lipinski definition) is 4. The van der Waals surface area contributed by atoms with Crippen molar-refractivity contribution in [2.45, 2.75) is 6.18 Å². The van der Waals surface area contributed by atoms with Gasteiger partial charge >= 0.3 is 6.18 Å². The van der Waals surface area contributed by atoms with Crippen molar-refractivity contribution in [3.8, 4) is 0 Å². The fourth-order valence-corrected chi connectivity index (χ4v) is 2.63. The average Bonchev–Trinajstić information content (AvgIpc) is 3.09. The zero-order valence-corrected chi connectivity index (χ0v) is 12.4. The number of nitrogens with one attached hydrogen (secondary N) is 2. The summed E-state index contributed by atoms with van der Waals surface area (Å²) < 4.78 is 40.6. The van der Waals surface area contributed by atoms with Gasteiger partial charge in [-0.15, -0.1) is 0 Å². The third-order valence-corrected chi connectivity index (χ3v) is 3.70. The molecule has 0 aliphatic heterocycles. The van der Waals surface area contributed by atoms with Crippen molar-refractivity contribution in [2.24, 2.45) is 7.05 Å². The second-order valence-corrected chi connectivity index (χ2v) is 5.30. The average molecular weight is 332 g/mol. The first-order valence-corrected chi connectivity index (χ1v) is 7.03. The number of halogens is 3. The highest BCUT2D eigenvalue weighted by atomic mass is 19.4. The number of alkyl halides is 3. The van der Waals surface area contributed by atoms with Crippen molar-refractivity contribution in [3.63, 3.8) is 0 Å². The standard InChI is InChI=1S/C15H11F3N6/c1-24-11-5-4-8(7-9(11)13(23-24)15(16,17)18)20-14-12-10(21-22-14)3-2-6-19-12/h2-7H,1H3,(H2,20,21,22). The molecular formula is C15H11F3N6. The van der Waals surface area contributed by atoms with Gasteiger partial charge in [0.05, 0.1) is 11.0 Å². The number of hydrogen-bond donors (Lipinski definition) is 2. The van der Waals surface area contributed by atoms with Crippen LogP contribution in [-0.4, -0.2) is 25.0 Å². The molecule has 4 aromatic rings. The van der Waals surface area contributed by atoms with E-state index in [2.05, 4.69) is 25.6 Å². The van der Waals surface area contributed by atoms with Gasteiger partial charge in [-0.25, -0.2) is 0 Å². The Kier molecular flexibility index (Phi) is 2.99. The van der Waals surface area contributed by atoms with Gasteiger partial charge in [0.1, 0.15) is 5.52 Å². The number of aryl methyl sites for hydroxylation is 1. The van der Waals surface area contributed by atoms with Crippen molar-refractivity contribution in [1.82, 2.24) is 25.0 Å². The molecule has 4 rings (SSSR count). The minimum Gasteiger partial charge on any atom is -0.337 e. The molecule has 2 N–H and O–H groups in total. The molecule has 0 amide bonds. The molecule has 1 aromatic carbocycles. The zero-order chi connectivity index (χ0) is 16.9. The molecule has 0 radical (unpaired) electrons. The predicted molar refractivity (Wildman–Crippen MR) is 82.9 cm³/mol. The number of pyridine rings is 1. The summed E-state index contributed by atoms with van der Waals surface area (Å²) in [5.74, 6) is 0.447. The van der Waals surface area contributed by atoms with Crippen LogP contribution in [0, 0.1) is 0 Å². The van der Waals surface area contributed by atoms with E-state index in [0.29, 0.717) is 22.5 Å². The fourth-order valence-electron chi connectivity index (χ4n) is 2.63. The summed E-state index contributed by atoms with van der Waals surface area (Å²) in [7, 11) is 1.48.